The molecule has 176 valence electrons. The predicted octanol–water partition coefficient (Wildman–Crippen LogP) is 3.76. The van der Waals surface area contributed by atoms with Gasteiger partial charge in [0.1, 0.15) is 11.8 Å². The van der Waals surface area contributed by atoms with Gasteiger partial charge in [0, 0.05) is 11.1 Å². The molecular formula is C26H30N6O2. The molecule has 0 saturated carbocycles. The first-order valence-corrected chi connectivity index (χ1v) is 11.8. The van der Waals surface area contributed by atoms with Gasteiger partial charge in [-0.05, 0) is 103 Å². The van der Waals surface area contributed by atoms with Crippen molar-refractivity contribution in [3.8, 4) is 5.75 Å². The molecule has 0 spiro atoms. The van der Waals surface area contributed by atoms with Crippen LogP contribution in [0.3, 0.4) is 0 Å². The summed E-state index contributed by atoms with van der Waals surface area (Å²) in [6.07, 6.45) is 3.40. The monoisotopic (exact) mass is 458 g/mol. The van der Waals surface area contributed by atoms with Crippen LogP contribution < -0.4 is 10.3 Å². The topological polar surface area (TPSA) is 88.9 Å². The Morgan fingerprint density at radius 2 is 1.76 bits per heavy atom. The number of hydrogen-bond donors (Lipinski definition) is 1. The van der Waals surface area contributed by atoms with Crippen LogP contribution in [0.25, 0.3) is 10.9 Å². The molecule has 2 aromatic heterocycles. The van der Waals surface area contributed by atoms with Crippen LogP contribution in [0.2, 0.25) is 0 Å². The molecule has 1 atom stereocenters. The van der Waals surface area contributed by atoms with Gasteiger partial charge >= 0.3 is 0 Å². The van der Waals surface area contributed by atoms with Crippen molar-refractivity contribution < 1.29 is 4.74 Å². The van der Waals surface area contributed by atoms with Crippen molar-refractivity contribution in [2.75, 3.05) is 20.2 Å². The molecule has 34 heavy (non-hydrogen) atoms. The second-order valence-electron chi connectivity index (χ2n) is 9.12. The molecule has 8 nitrogen and oxygen atoms in total. The van der Waals surface area contributed by atoms with Gasteiger partial charge in [-0.2, -0.15) is 0 Å². The van der Waals surface area contributed by atoms with E-state index in [1.165, 1.54) is 12.0 Å². The third-order valence-electron chi connectivity index (χ3n) is 6.83. The van der Waals surface area contributed by atoms with Crippen molar-refractivity contribution in [2.24, 2.45) is 0 Å². The van der Waals surface area contributed by atoms with Gasteiger partial charge in [0.25, 0.3) is 5.56 Å². The third kappa shape index (κ3) is 4.33. The lowest BCUT2D eigenvalue weighted by atomic mass is 9.99. The number of rotatable bonds is 6. The highest BCUT2D eigenvalue weighted by atomic mass is 16.5. The molecule has 0 unspecified atom stereocenters. The Morgan fingerprint density at radius 3 is 2.50 bits per heavy atom. The summed E-state index contributed by atoms with van der Waals surface area (Å²) in [5.41, 5.74) is 4.86. The standard InChI is InChI=1S/C26H30N6O2/c1-17-13-20-15-22(26(33)27-23(20)14-18(17)2)24(31-11-5-4-6-12-31)25-28-29-30-32(25)16-19-7-9-21(34-3)10-8-19/h7-10,13-15,24H,4-6,11-12,16H2,1-3H3,(H,27,33)/t24-/m0/s1. The summed E-state index contributed by atoms with van der Waals surface area (Å²) in [6.45, 7) is 6.48. The van der Waals surface area contributed by atoms with E-state index in [0.717, 1.165) is 53.7 Å². The van der Waals surface area contributed by atoms with E-state index in [2.05, 4.69) is 45.3 Å². The maximum Gasteiger partial charge on any atom is 0.253 e. The molecule has 0 radical (unpaired) electrons. The SMILES string of the molecule is COc1ccc(Cn2nnnc2[C@H](c2cc3cc(C)c(C)cc3[nH]c2=O)N2CCCCC2)cc1. The van der Waals surface area contributed by atoms with Crippen LogP contribution in [-0.2, 0) is 6.54 Å². The molecule has 5 rings (SSSR count). The number of fused-ring (bicyclic) bond motifs is 1. The fraction of sp³-hybridized carbons (Fsp3) is 0.385. The maximum absolute atomic E-state index is 13.4. The number of pyridine rings is 1. The van der Waals surface area contributed by atoms with E-state index in [1.807, 2.05) is 41.1 Å². The third-order valence-corrected chi connectivity index (χ3v) is 6.83. The fourth-order valence-electron chi connectivity index (χ4n) is 4.80. The predicted molar refractivity (Wildman–Crippen MR) is 131 cm³/mol. The number of nitrogens with zero attached hydrogens (tertiary/aromatic N) is 5. The van der Waals surface area contributed by atoms with E-state index in [1.54, 1.807) is 7.11 Å². The second-order valence-corrected chi connectivity index (χ2v) is 9.12. The van der Waals surface area contributed by atoms with E-state index < -0.39 is 0 Å². The number of piperidine rings is 1. The normalized spacial score (nSPS) is 15.5. The summed E-state index contributed by atoms with van der Waals surface area (Å²) in [5, 5.41) is 13.8. The van der Waals surface area contributed by atoms with Crippen molar-refractivity contribution in [1.82, 2.24) is 30.1 Å². The Morgan fingerprint density at radius 1 is 1.03 bits per heavy atom. The van der Waals surface area contributed by atoms with Crippen molar-refractivity contribution in [1.29, 1.82) is 0 Å². The molecule has 1 aliphatic rings. The number of methoxy groups -OCH3 is 1. The number of likely N-dealkylation sites (tertiary alicyclic amines) is 1. The van der Waals surface area contributed by atoms with Gasteiger partial charge in [0.05, 0.1) is 13.7 Å². The summed E-state index contributed by atoms with van der Waals surface area (Å²) in [6, 6.07) is 13.8. The summed E-state index contributed by atoms with van der Waals surface area (Å²) in [5.74, 6) is 1.49. The smallest absolute Gasteiger partial charge is 0.253 e. The second kappa shape index (κ2) is 9.38. The minimum Gasteiger partial charge on any atom is -0.497 e. The fourth-order valence-corrected chi connectivity index (χ4v) is 4.80. The molecular weight excluding hydrogens is 428 g/mol. The van der Waals surface area contributed by atoms with Gasteiger partial charge in [-0.15, -0.1) is 5.10 Å². The Kier molecular flexibility index (Phi) is 6.15. The minimum atomic E-state index is -0.316. The van der Waals surface area contributed by atoms with Crippen LogP contribution in [0.15, 0.2) is 47.3 Å². The highest BCUT2D eigenvalue weighted by Crippen LogP contribution is 2.30. The van der Waals surface area contributed by atoms with Gasteiger partial charge in [-0.1, -0.05) is 18.6 Å². The average Bonchev–Trinajstić information content (AvgIpc) is 3.29. The molecule has 1 saturated heterocycles. The van der Waals surface area contributed by atoms with Gasteiger partial charge in [0.15, 0.2) is 5.82 Å². The van der Waals surface area contributed by atoms with E-state index in [0.29, 0.717) is 17.9 Å². The van der Waals surface area contributed by atoms with Crippen LogP contribution in [0.5, 0.6) is 5.75 Å². The zero-order valence-corrected chi connectivity index (χ0v) is 19.9. The van der Waals surface area contributed by atoms with Crippen molar-refractivity contribution in [3.63, 3.8) is 0 Å². The van der Waals surface area contributed by atoms with Crippen molar-refractivity contribution in [3.05, 3.63) is 80.9 Å². The lowest BCUT2D eigenvalue weighted by molar-refractivity contribution is 0.177. The van der Waals surface area contributed by atoms with E-state index in [4.69, 9.17) is 4.74 Å². The Hall–Kier alpha value is -3.52. The molecule has 1 fully saturated rings. The highest BCUT2D eigenvalue weighted by molar-refractivity contribution is 5.81. The highest BCUT2D eigenvalue weighted by Gasteiger charge is 2.31. The molecule has 0 amide bonds. The van der Waals surface area contributed by atoms with Crippen LogP contribution in [0.1, 0.15) is 53.4 Å². The van der Waals surface area contributed by atoms with Gasteiger partial charge in [0.2, 0.25) is 0 Å². The molecule has 1 N–H and O–H groups in total. The van der Waals surface area contributed by atoms with Crippen molar-refractivity contribution in [2.45, 2.75) is 45.7 Å². The van der Waals surface area contributed by atoms with E-state index >= 15 is 0 Å². The van der Waals surface area contributed by atoms with Crippen molar-refractivity contribution >= 4 is 10.9 Å². The number of aromatic nitrogens is 5. The Bertz CT molecular complexity index is 1350. The quantitative estimate of drug-likeness (QED) is 0.473. The molecule has 0 bridgehead atoms. The number of aromatic amines is 1. The number of hydrogen-bond acceptors (Lipinski definition) is 6. The average molecular weight is 459 g/mol. The lowest BCUT2D eigenvalue weighted by Crippen LogP contribution is -2.38. The van der Waals surface area contributed by atoms with Gasteiger partial charge in [-0.25, -0.2) is 4.68 Å². The number of ether oxygens (including phenoxy) is 1. The molecule has 3 heterocycles. The Labute approximate surface area is 198 Å². The van der Waals surface area contributed by atoms with Gasteiger partial charge in [-0.3, -0.25) is 9.69 Å². The zero-order valence-electron chi connectivity index (χ0n) is 19.9. The first-order chi connectivity index (χ1) is 16.5. The first-order valence-electron chi connectivity index (χ1n) is 11.8. The van der Waals surface area contributed by atoms with E-state index in [-0.39, 0.29) is 11.6 Å². The van der Waals surface area contributed by atoms with E-state index in [9.17, 15) is 4.79 Å². The summed E-state index contributed by atoms with van der Waals surface area (Å²) in [4.78, 5) is 18.8. The number of H-pyrrole nitrogens is 1. The number of nitrogens with one attached hydrogen (secondary N) is 1. The minimum absolute atomic E-state index is 0.0923. The van der Waals surface area contributed by atoms with Gasteiger partial charge < -0.3 is 9.72 Å². The number of benzene rings is 2. The molecule has 0 aliphatic carbocycles. The Balaban J connectivity index is 1.59. The summed E-state index contributed by atoms with van der Waals surface area (Å²) >= 11 is 0. The molecule has 2 aromatic carbocycles. The zero-order chi connectivity index (χ0) is 23.7. The number of aryl methyl sites for hydroxylation is 2. The van der Waals surface area contributed by atoms with Crippen LogP contribution >= 0.6 is 0 Å². The van der Waals surface area contributed by atoms with Crippen LogP contribution in [-0.4, -0.2) is 50.3 Å². The largest absolute Gasteiger partial charge is 0.497 e. The molecule has 8 heteroatoms. The van der Waals surface area contributed by atoms with Crippen LogP contribution in [0.4, 0.5) is 0 Å². The summed E-state index contributed by atoms with van der Waals surface area (Å²) in [7, 11) is 1.65. The van der Waals surface area contributed by atoms with Crippen LogP contribution in [0, 0.1) is 13.8 Å². The molecule has 4 aromatic rings. The number of tetrazole rings is 1. The molecule has 1 aliphatic heterocycles. The lowest BCUT2D eigenvalue weighted by Gasteiger charge is -2.33. The summed E-state index contributed by atoms with van der Waals surface area (Å²) < 4.78 is 7.09. The first kappa shape index (κ1) is 22.3. The maximum atomic E-state index is 13.4.